The first-order chi connectivity index (χ1) is 8.17. The van der Waals surface area contributed by atoms with Crippen molar-refractivity contribution in [2.45, 2.75) is 6.92 Å². The highest BCUT2D eigenvalue weighted by Crippen LogP contribution is 2.26. The molecule has 0 aliphatic heterocycles. The van der Waals surface area contributed by atoms with Gasteiger partial charge in [-0.1, -0.05) is 0 Å². The molecule has 0 radical (unpaired) electrons. The maximum Gasteiger partial charge on any atom is 0.341 e. The zero-order valence-corrected chi connectivity index (χ0v) is 9.19. The molecule has 1 aromatic heterocycles. The van der Waals surface area contributed by atoms with Crippen molar-refractivity contribution in [1.29, 1.82) is 0 Å². The highest BCUT2D eigenvalue weighted by molar-refractivity contribution is 6.10. The first-order valence-electron chi connectivity index (χ1n) is 5.14. The lowest BCUT2D eigenvalue weighted by Gasteiger charge is -2.01. The second-order valence-electron chi connectivity index (χ2n) is 3.48. The van der Waals surface area contributed by atoms with E-state index in [0.717, 1.165) is 0 Å². The van der Waals surface area contributed by atoms with E-state index in [1.54, 1.807) is 13.0 Å². The van der Waals surface area contributed by atoms with Gasteiger partial charge in [-0.3, -0.25) is 4.79 Å². The first-order valence-corrected chi connectivity index (χ1v) is 5.14. The van der Waals surface area contributed by atoms with Crippen LogP contribution in [0.15, 0.2) is 18.2 Å². The number of fused-ring (bicyclic) bond motifs is 1. The van der Waals surface area contributed by atoms with Gasteiger partial charge >= 0.3 is 5.97 Å². The van der Waals surface area contributed by atoms with Gasteiger partial charge in [0.25, 0.3) is 0 Å². The normalized spacial score (nSPS) is 10.4. The summed E-state index contributed by atoms with van der Waals surface area (Å²) < 4.78 is 4.88. The Kier molecular flexibility index (Phi) is 2.82. The minimum atomic E-state index is -0.577. The lowest BCUT2D eigenvalue weighted by molar-refractivity contribution is 0.0526. The average Bonchev–Trinajstić information content (AvgIpc) is 2.66. The number of nitrogens with one attached hydrogen (secondary N) is 1. The van der Waals surface area contributed by atoms with Crippen molar-refractivity contribution in [3.05, 3.63) is 29.5 Å². The Balaban J connectivity index is 2.68. The van der Waals surface area contributed by atoms with Crippen molar-refractivity contribution in [2.24, 2.45) is 0 Å². The first kappa shape index (κ1) is 11.2. The topological polar surface area (TPSA) is 79.4 Å². The van der Waals surface area contributed by atoms with Gasteiger partial charge in [0.1, 0.15) is 5.75 Å². The van der Waals surface area contributed by atoms with E-state index in [2.05, 4.69) is 4.98 Å². The smallest absolute Gasteiger partial charge is 0.341 e. The number of carbonyl (C=O) groups excluding carboxylic acids is 2. The van der Waals surface area contributed by atoms with E-state index >= 15 is 0 Å². The largest absolute Gasteiger partial charge is 0.508 e. The van der Waals surface area contributed by atoms with E-state index in [1.165, 1.54) is 12.1 Å². The quantitative estimate of drug-likeness (QED) is 0.626. The Morgan fingerprint density at radius 1 is 1.53 bits per heavy atom. The second-order valence-corrected chi connectivity index (χ2v) is 3.48. The molecule has 2 rings (SSSR count). The molecule has 0 bridgehead atoms. The van der Waals surface area contributed by atoms with Gasteiger partial charge in [-0.25, -0.2) is 4.79 Å². The van der Waals surface area contributed by atoms with Crippen LogP contribution in [0.5, 0.6) is 5.75 Å². The van der Waals surface area contributed by atoms with E-state index in [4.69, 9.17) is 4.74 Å². The third-order valence-electron chi connectivity index (χ3n) is 2.41. The third kappa shape index (κ3) is 1.87. The van der Waals surface area contributed by atoms with E-state index in [-0.39, 0.29) is 23.6 Å². The van der Waals surface area contributed by atoms with Gasteiger partial charge < -0.3 is 14.8 Å². The van der Waals surface area contributed by atoms with Crippen LogP contribution in [0, 0.1) is 0 Å². The lowest BCUT2D eigenvalue weighted by Crippen LogP contribution is -2.06. The molecule has 2 N–H and O–H groups in total. The van der Waals surface area contributed by atoms with Crippen LogP contribution in [0.2, 0.25) is 0 Å². The number of aromatic hydroxyl groups is 1. The van der Waals surface area contributed by atoms with Crippen LogP contribution in [-0.2, 0) is 4.74 Å². The number of phenolic OH excluding ortho intramolecular Hbond substituents is 1. The highest BCUT2D eigenvalue weighted by Gasteiger charge is 2.19. The van der Waals surface area contributed by atoms with Crippen LogP contribution in [0.3, 0.4) is 0 Å². The molecule has 1 heterocycles. The van der Waals surface area contributed by atoms with Crippen LogP contribution in [0.25, 0.3) is 10.9 Å². The fraction of sp³-hybridized carbons (Fsp3) is 0.167. The number of hydrogen-bond acceptors (Lipinski definition) is 4. The van der Waals surface area contributed by atoms with Gasteiger partial charge in [0.2, 0.25) is 0 Å². The van der Waals surface area contributed by atoms with Crippen LogP contribution in [0.1, 0.15) is 27.8 Å². The summed E-state index contributed by atoms with van der Waals surface area (Å²) in [4.78, 5) is 25.4. The molecule has 0 amide bonds. The number of H-pyrrole nitrogens is 1. The number of esters is 1. The van der Waals surface area contributed by atoms with E-state index < -0.39 is 5.97 Å². The number of phenols is 1. The average molecular weight is 233 g/mol. The van der Waals surface area contributed by atoms with E-state index in [0.29, 0.717) is 17.2 Å². The number of benzene rings is 1. The van der Waals surface area contributed by atoms with Crippen molar-refractivity contribution < 1.29 is 19.4 Å². The summed E-state index contributed by atoms with van der Waals surface area (Å²) in [6.07, 6.45) is 0.559. The minimum absolute atomic E-state index is 0.0273. The maximum atomic E-state index is 11.7. The van der Waals surface area contributed by atoms with Gasteiger partial charge in [-0.15, -0.1) is 0 Å². The summed E-state index contributed by atoms with van der Waals surface area (Å²) in [7, 11) is 0. The molecule has 5 heteroatoms. The third-order valence-corrected chi connectivity index (χ3v) is 2.41. The van der Waals surface area contributed by atoms with E-state index in [1.807, 2.05) is 0 Å². The molecule has 1 aromatic carbocycles. The lowest BCUT2D eigenvalue weighted by atomic mass is 10.1. The molecule has 0 atom stereocenters. The molecule has 0 aliphatic carbocycles. The second kappa shape index (κ2) is 4.29. The minimum Gasteiger partial charge on any atom is -0.508 e. The van der Waals surface area contributed by atoms with Crippen LogP contribution >= 0.6 is 0 Å². The van der Waals surface area contributed by atoms with Crippen molar-refractivity contribution in [3.63, 3.8) is 0 Å². The fourth-order valence-electron chi connectivity index (χ4n) is 1.71. The number of aromatic nitrogens is 1. The number of rotatable bonds is 3. The van der Waals surface area contributed by atoms with Crippen molar-refractivity contribution >= 4 is 23.2 Å². The molecular formula is C12H11NO4. The molecule has 0 aliphatic rings. The number of hydrogen-bond donors (Lipinski definition) is 2. The molecule has 2 aromatic rings. The molecular weight excluding hydrogens is 222 g/mol. The summed E-state index contributed by atoms with van der Waals surface area (Å²) >= 11 is 0. The Labute approximate surface area is 97.0 Å². The molecule has 0 saturated carbocycles. The van der Waals surface area contributed by atoms with Crippen LogP contribution in [0.4, 0.5) is 0 Å². The number of ether oxygens (including phenoxy) is 1. The summed E-state index contributed by atoms with van der Waals surface area (Å²) in [5.41, 5.74) is 0.921. The highest BCUT2D eigenvalue weighted by atomic mass is 16.5. The van der Waals surface area contributed by atoms with Crippen LogP contribution < -0.4 is 0 Å². The molecule has 88 valence electrons. The number of aromatic amines is 1. The molecule has 0 fully saturated rings. The van der Waals surface area contributed by atoms with Crippen LogP contribution in [-0.4, -0.2) is 29.0 Å². The van der Waals surface area contributed by atoms with Gasteiger partial charge in [0, 0.05) is 10.9 Å². The summed E-state index contributed by atoms with van der Waals surface area (Å²) in [5, 5.41) is 9.87. The monoisotopic (exact) mass is 233 g/mol. The Hall–Kier alpha value is -2.30. The van der Waals surface area contributed by atoms with Crippen molar-refractivity contribution in [1.82, 2.24) is 4.98 Å². The zero-order valence-electron chi connectivity index (χ0n) is 9.19. The van der Waals surface area contributed by atoms with Gasteiger partial charge in [0.05, 0.1) is 17.9 Å². The summed E-state index contributed by atoms with van der Waals surface area (Å²) in [6, 6.07) is 4.49. The number of carbonyl (C=O) groups is 2. The zero-order chi connectivity index (χ0) is 12.4. The van der Waals surface area contributed by atoms with Gasteiger partial charge in [-0.05, 0) is 25.1 Å². The fourth-order valence-corrected chi connectivity index (χ4v) is 1.71. The van der Waals surface area contributed by atoms with E-state index in [9.17, 15) is 14.7 Å². The predicted molar refractivity (Wildman–Crippen MR) is 61.3 cm³/mol. The SMILES string of the molecule is CCOC(=O)c1c(C=O)[nH]c2ccc(O)cc12. The molecule has 0 unspecified atom stereocenters. The van der Waals surface area contributed by atoms with Gasteiger partial charge in [-0.2, -0.15) is 0 Å². The summed E-state index contributed by atoms with van der Waals surface area (Å²) in [6.45, 7) is 1.91. The predicted octanol–water partition coefficient (Wildman–Crippen LogP) is 1.86. The Morgan fingerprint density at radius 2 is 2.29 bits per heavy atom. The maximum absolute atomic E-state index is 11.7. The standard InChI is InChI=1S/C12H11NO4/c1-2-17-12(16)11-8-5-7(15)3-4-9(8)13-10(11)6-14/h3-6,13,15H,2H2,1H3. The Morgan fingerprint density at radius 3 is 2.94 bits per heavy atom. The molecule has 17 heavy (non-hydrogen) atoms. The summed E-state index contributed by atoms with van der Waals surface area (Å²) in [5.74, 6) is -0.550. The molecule has 0 spiro atoms. The van der Waals surface area contributed by atoms with Gasteiger partial charge in [0.15, 0.2) is 6.29 Å². The Bertz CT molecular complexity index is 585. The van der Waals surface area contributed by atoms with Crippen molar-refractivity contribution in [3.8, 4) is 5.75 Å². The molecule has 0 saturated heterocycles. The van der Waals surface area contributed by atoms with Crippen molar-refractivity contribution in [2.75, 3.05) is 6.61 Å². The number of aldehydes is 1. The molecule has 5 nitrogen and oxygen atoms in total.